The molecule has 2 bridgehead atoms. The van der Waals surface area contributed by atoms with E-state index in [2.05, 4.69) is 9.88 Å². The number of aromatic nitrogens is 1. The molecule has 4 heterocycles. The molecule has 3 aliphatic heterocycles. The van der Waals surface area contributed by atoms with E-state index >= 15 is 0 Å². The van der Waals surface area contributed by atoms with Crippen LogP contribution in [0.5, 0.6) is 5.75 Å². The number of piperazine rings is 1. The number of fused-ring (bicyclic) bond motifs is 2. The molecule has 0 spiro atoms. The minimum atomic E-state index is -0.483. The van der Waals surface area contributed by atoms with Crippen LogP contribution in [0.2, 0.25) is 0 Å². The van der Waals surface area contributed by atoms with Gasteiger partial charge in [-0.3, -0.25) is 9.59 Å². The molecule has 3 aliphatic rings. The highest BCUT2D eigenvalue weighted by Crippen LogP contribution is 2.44. The summed E-state index contributed by atoms with van der Waals surface area (Å²) in [6.07, 6.45) is 2.69. The lowest BCUT2D eigenvalue weighted by molar-refractivity contribution is -0.153. The summed E-state index contributed by atoms with van der Waals surface area (Å²) in [5, 5.41) is 9.35. The molecule has 0 aromatic carbocycles. The van der Waals surface area contributed by atoms with Crippen LogP contribution < -0.4 is 4.90 Å². The largest absolute Gasteiger partial charge is 0.506 e. The number of pyridine rings is 1. The molecular formula is C18H23N3O5. The molecule has 0 aliphatic carbocycles. The summed E-state index contributed by atoms with van der Waals surface area (Å²) >= 11 is 0. The Morgan fingerprint density at radius 1 is 1.15 bits per heavy atom. The Morgan fingerprint density at radius 3 is 2.46 bits per heavy atom. The minimum absolute atomic E-state index is 0.00841. The number of methoxy groups -OCH3 is 1. The fourth-order valence-electron chi connectivity index (χ4n) is 4.36. The lowest BCUT2D eigenvalue weighted by Gasteiger charge is -2.38. The van der Waals surface area contributed by atoms with Gasteiger partial charge in [0, 0.05) is 26.2 Å². The summed E-state index contributed by atoms with van der Waals surface area (Å²) in [6.45, 7) is 2.47. The maximum atomic E-state index is 13.1. The molecule has 1 amide bonds. The molecule has 4 unspecified atom stereocenters. The Labute approximate surface area is 151 Å². The number of carbonyl (C=O) groups is 2. The second-order valence-electron chi connectivity index (χ2n) is 7.05. The highest BCUT2D eigenvalue weighted by Gasteiger charge is 2.56. The molecule has 1 aromatic rings. The molecule has 0 radical (unpaired) electrons. The van der Waals surface area contributed by atoms with E-state index in [-0.39, 0.29) is 29.8 Å². The Balaban J connectivity index is 1.41. The zero-order chi connectivity index (χ0) is 18.3. The quantitative estimate of drug-likeness (QED) is 0.779. The van der Waals surface area contributed by atoms with Crippen LogP contribution in [-0.2, 0) is 19.1 Å². The van der Waals surface area contributed by atoms with E-state index in [1.54, 1.807) is 12.1 Å². The molecule has 4 rings (SSSR count). The molecule has 0 saturated carbocycles. The number of carbonyl (C=O) groups excluding carboxylic acids is 2. The van der Waals surface area contributed by atoms with Crippen molar-refractivity contribution < 1.29 is 24.2 Å². The van der Waals surface area contributed by atoms with Crippen molar-refractivity contribution in [2.75, 3.05) is 38.2 Å². The number of hydrogen-bond donors (Lipinski definition) is 1. The topological polar surface area (TPSA) is 92.2 Å². The standard InChI is InChI=1S/C18H23N3O5/c1-25-18(24)16-13-4-3-12(26-13)15(16)17(23)21-8-6-20(7-9-21)14-5-2-11(22)10-19-14/h2,5,10,12-13,15-16,22H,3-4,6-9H2,1H3. The van der Waals surface area contributed by atoms with Gasteiger partial charge in [0.15, 0.2) is 0 Å². The van der Waals surface area contributed by atoms with Gasteiger partial charge >= 0.3 is 5.97 Å². The van der Waals surface area contributed by atoms with E-state index in [0.29, 0.717) is 26.2 Å². The first-order valence-electron chi connectivity index (χ1n) is 9.00. The summed E-state index contributed by atoms with van der Waals surface area (Å²) in [5.41, 5.74) is 0. The smallest absolute Gasteiger partial charge is 0.312 e. The van der Waals surface area contributed by atoms with Crippen molar-refractivity contribution >= 4 is 17.7 Å². The van der Waals surface area contributed by atoms with Gasteiger partial charge in [-0.05, 0) is 25.0 Å². The van der Waals surface area contributed by atoms with Gasteiger partial charge in [0.1, 0.15) is 11.6 Å². The van der Waals surface area contributed by atoms with Gasteiger partial charge in [-0.25, -0.2) is 4.98 Å². The molecular weight excluding hydrogens is 338 g/mol. The Hall–Kier alpha value is -2.35. The molecule has 3 saturated heterocycles. The number of hydrogen-bond acceptors (Lipinski definition) is 7. The van der Waals surface area contributed by atoms with Crippen LogP contribution in [0.15, 0.2) is 18.3 Å². The lowest BCUT2D eigenvalue weighted by Crippen LogP contribution is -2.53. The third-order valence-corrected chi connectivity index (χ3v) is 5.68. The van der Waals surface area contributed by atoms with Crippen molar-refractivity contribution in [2.45, 2.75) is 25.0 Å². The molecule has 1 aromatic heterocycles. The summed E-state index contributed by atoms with van der Waals surface area (Å²) < 4.78 is 10.8. The summed E-state index contributed by atoms with van der Waals surface area (Å²) in [5.74, 6) is -0.353. The summed E-state index contributed by atoms with van der Waals surface area (Å²) in [4.78, 5) is 33.4. The highest BCUT2D eigenvalue weighted by molar-refractivity contribution is 5.87. The van der Waals surface area contributed by atoms with Crippen molar-refractivity contribution in [3.63, 3.8) is 0 Å². The predicted octanol–water partition coefficient (Wildman–Crippen LogP) is 0.402. The zero-order valence-corrected chi connectivity index (χ0v) is 14.7. The van der Waals surface area contributed by atoms with Crippen LogP contribution in [0.4, 0.5) is 5.82 Å². The third-order valence-electron chi connectivity index (χ3n) is 5.68. The first-order chi connectivity index (χ1) is 12.6. The molecule has 1 N–H and O–H groups in total. The van der Waals surface area contributed by atoms with E-state index in [1.807, 2.05) is 4.90 Å². The number of esters is 1. The Bertz CT molecular complexity index is 687. The molecule has 4 atom stereocenters. The lowest BCUT2D eigenvalue weighted by atomic mass is 9.78. The average molecular weight is 361 g/mol. The molecule has 8 heteroatoms. The van der Waals surface area contributed by atoms with Crippen molar-refractivity contribution in [1.82, 2.24) is 9.88 Å². The summed E-state index contributed by atoms with van der Waals surface area (Å²) in [6, 6.07) is 3.37. The van der Waals surface area contributed by atoms with Crippen LogP contribution in [0.3, 0.4) is 0 Å². The maximum Gasteiger partial charge on any atom is 0.312 e. The number of aromatic hydroxyl groups is 1. The van der Waals surface area contributed by atoms with E-state index < -0.39 is 11.8 Å². The number of rotatable bonds is 3. The average Bonchev–Trinajstić information content (AvgIpc) is 3.29. The predicted molar refractivity (Wildman–Crippen MR) is 91.6 cm³/mol. The third kappa shape index (κ3) is 2.88. The number of anilines is 1. The Kier molecular flexibility index (Phi) is 4.44. The van der Waals surface area contributed by atoms with E-state index in [1.165, 1.54) is 13.3 Å². The molecule has 140 valence electrons. The SMILES string of the molecule is COC(=O)C1C2CCC(O2)C1C(=O)N1CCN(c2ccc(O)cn2)CC1. The number of ether oxygens (including phenoxy) is 2. The van der Waals surface area contributed by atoms with Crippen molar-refractivity contribution in [3.8, 4) is 5.75 Å². The minimum Gasteiger partial charge on any atom is -0.506 e. The second kappa shape index (κ2) is 6.75. The van der Waals surface area contributed by atoms with Gasteiger partial charge in [-0.15, -0.1) is 0 Å². The Morgan fingerprint density at radius 2 is 1.85 bits per heavy atom. The number of nitrogens with zero attached hydrogens (tertiary/aromatic N) is 3. The first kappa shape index (κ1) is 17.1. The van der Waals surface area contributed by atoms with Gasteiger partial charge in [-0.2, -0.15) is 0 Å². The number of amides is 1. The van der Waals surface area contributed by atoms with Gasteiger partial charge < -0.3 is 24.4 Å². The van der Waals surface area contributed by atoms with E-state index in [0.717, 1.165) is 18.7 Å². The van der Waals surface area contributed by atoms with Gasteiger partial charge in [-0.1, -0.05) is 0 Å². The van der Waals surface area contributed by atoms with Gasteiger partial charge in [0.25, 0.3) is 0 Å². The monoisotopic (exact) mass is 361 g/mol. The normalized spacial score (nSPS) is 30.5. The second-order valence-corrected chi connectivity index (χ2v) is 7.05. The van der Waals surface area contributed by atoms with E-state index in [4.69, 9.17) is 9.47 Å². The molecule has 26 heavy (non-hydrogen) atoms. The molecule has 3 fully saturated rings. The first-order valence-corrected chi connectivity index (χ1v) is 9.00. The van der Waals surface area contributed by atoms with Gasteiger partial charge in [0.2, 0.25) is 5.91 Å². The van der Waals surface area contributed by atoms with Crippen LogP contribution >= 0.6 is 0 Å². The maximum absolute atomic E-state index is 13.1. The van der Waals surface area contributed by atoms with Crippen molar-refractivity contribution in [2.24, 2.45) is 11.8 Å². The van der Waals surface area contributed by atoms with Crippen LogP contribution in [0, 0.1) is 11.8 Å². The van der Waals surface area contributed by atoms with Crippen molar-refractivity contribution in [3.05, 3.63) is 18.3 Å². The summed E-state index contributed by atoms with van der Waals surface area (Å²) in [7, 11) is 1.36. The highest BCUT2D eigenvalue weighted by atomic mass is 16.5. The van der Waals surface area contributed by atoms with Gasteiger partial charge in [0.05, 0.1) is 37.4 Å². The van der Waals surface area contributed by atoms with Crippen molar-refractivity contribution in [1.29, 1.82) is 0 Å². The molecule has 8 nitrogen and oxygen atoms in total. The van der Waals surface area contributed by atoms with Crippen LogP contribution in [-0.4, -0.2) is 72.4 Å². The van der Waals surface area contributed by atoms with E-state index in [9.17, 15) is 14.7 Å². The fourth-order valence-corrected chi connectivity index (χ4v) is 4.36. The zero-order valence-electron chi connectivity index (χ0n) is 14.7. The van der Waals surface area contributed by atoms with Crippen LogP contribution in [0.25, 0.3) is 0 Å². The fraction of sp³-hybridized carbons (Fsp3) is 0.611. The van der Waals surface area contributed by atoms with Crippen LogP contribution in [0.1, 0.15) is 12.8 Å².